The molecule has 0 unspecified atom stereocenters. The van der Waals surface area contributed by atoms with E-state index in [4.69, 9.17) is 11.6 Å². The number of halogens is 1. The van der Waals surface area contributed by atoms with Gasteiger partial charge < -0.3 is 4.74 Å². The molecule has 2 rings (SSSR count). The van der Waals surface area contributed by atoms with E-state index >= 15 is 0 Å². The van der Waals surface area contributed by atoms with E-state index in [1.165, 1.54) is 7.11 Å². The van der Waals surface area contributed by atoms with E-state index in [-0.39, 0.29) is 5.82 Å². The van der Waals surface area contributed by atoms with Gasteiger partial charge >= 0.3 is 5.97 Å². The summed E-state index contributed by atoms with van der Waals surface area (Å²) in [6.45, 7) is 0. The third kappa shape index (κ3) is 2.04. The van der Waals surface area contributed by atoms with E-state index < -0.39 is 5.97 Å². The van der Waals surface area contributed by atoms with Crippen LogP contribution < -0.4 is 0 Å². The molecule has 6 heteroatoms. The molecular formula is C10H8ClN3O2. The van der Waals surface area contributed by atoms with Crippen LogP contribution in [0.15, 0.2) is 24.3 Å². The van der Waals surface area contributed by atoms with Crippen LogP contribution in [0.3, 0.4) is 0 Å². The SMILES string of the molecule is COC(=O)c1nc(-c2ccc(Cl)cc2)n[nH]1. The Balaban J connectivity index is 2.31. The maximum absolute atomic E-state index is 11.1. The molecule has 16 heavy (non-hydrogen) atoms. The molecule has 0 radical (unpaired) electrons. The molecule has 0 fully saturated rings. The number of hydrogen-bond donors (Lipinski definition) is 1. The van der Waals surface area contributed by atoms with Crippen LogP contribution in [0.25, 0.3) is 11.4 Å². The van der Waals surface area contributed by atoms with E-state index in [0.29, 0.717) is 10.8 Å². The highest BCUT2D eigenvalue weighted by Gasteiger charge is 2.12. The number of esters is 1. The highest BCUT2D eigenvalue weighted by atomic mass is 35.5. The number of carbonyl (C=O) groups is 1. The molecule has 0 aliphatic carbocycles. The van der Waals surface area contributed by atoms with E-state index in [1.54, 1.807) is 24.3 Å². The Labute approximate surface area is 96.4 Å². The smallest absolute Gasteiger partial charge is 0.375 e. The van der Waals surface area contributed by atoms with E-state index in [2.05, 4.69) is 19.9 Å². The second-order valence-electron chi connectivity index (χ2n) is 3.01. The van der Waals surface area contributed by atoms with Crippen molar-refractivity contribution < 1.29 is 9.53 Å². The summed E-state index contributed by atoms with van der Waals surface area (Å²) in [7, 11) is 1.28. The second-order valence-corrected chi connectivity index (χ2v) is 3.44. The molecule has 0 saturated heterocycles. The number of carbonyl (C=O) groups excluding carboxylic acids is 1. The normalized spacial score (nSPS) is 10.1. The number of aromatic nitrogens is 3. The van der Waals surface area contributed by atoms with Crippen molar-refractivity contribution in [3.63, 3.8) is 0 Å². The molecule has 0 spiro atoms. The number of methoxy groups -OCH3 is 1. The summed E-state index contributed by atoms with van der Waals surface area (Å²) in [6.07, 6.45) is 0. The van der Waals surface area contributed by atoms with Crippen LogP contribution >= 0.6 is 11.6 Å². The van der Waals surface area contributed by atoms with Gasteiger partial charge in [-0.15, -0.1) is 0 Å². The van der Waals surface area contributed by atoms with Crippen molar-refractivity contribution >= 4 is 17.6 Å². The first-order chi connectivity index (χ1) is 7.70. The molecule has 2 aromatic rings. The first-order valence-electron chi connectivity index (χ1n) is 4.47. The van der Waals surface area contributed by atoms with Gasteiger partial charge in [-0.2, -0.15) is 5.10 Å². The average Bonchev–Trinajstić information content (AvgIpc) is 2.78. The third-order valence-electron chi connectivity index (χ3n) is 1.97. The fraction of sp³-hybridized carbons (Fsp3) is 0.100. The Kier molecular flexibility index (Phi) is 2.87. The van der Waals surface area contributed by atoms with Crippen LogP contribution in [-0.2, 0) is 4.74 Å². The number of aromatic amines is 1. The monoisotopic (exact) mass is 237 g/mol. The van der Waals surface area contributed by atoms with E-state index in [1.807, 2.05) is 0 Å². The lowest BCUT2D eigenvalue weighted by atomic mass is 10.2. The van der Waals surface area contributed by atoms with Gasteiger partial charge in [0.15, 0.2) is 5.82 Å². The number of H-pyrrole nitrogens is 1. The molecule has 1 N–H and O–H groups in total. The molecule has 0 saturated carbocycles. The van der Waals surface area contributed by atoms with Crippen molar-refractivity contribution in [1.29, 1.82) is 0 Å². The number of nitrogens with zero attached hydrogens (tertiary/aromatic N) is 2. The third-order valence-corrected chi connectivity index (χ3v) is 2.22. The van der Waals surface area contributed by atoms with Crippen molar-refractivity contribution in [3.05, 3.63) is 35.1 Å². The summed E-state index contributed by atoms with van der Waals surface area (Å²) in [5, 5.41) is 7.04. The van der Waals surface area contributed by atoms with Crippen molar-refractivity contribution in [2.24, 2.45) is 0 Å². The summed E-state index contributed by atoms with van der Waals surface area (Å²) in [5.74, 6) is -0.0442. The highest BCUT2D eigenvalue weighted by molar-refractivity contribution is 6.30. The van der Waals surface area contributed by atoms with Gasteiger partial charge in [-0.05, 0) is 24.3 Å². The summed E-state index contributed by atoms with van der Waals surface area (Å²) >= 11 is 5.75. The molecule has 0 aliphatic rings. The van der Waals surface area contributed by atoms with Gasteiger partial charge in [0, 0.05) is 10.6 Å². The van der Waals surface area contributed by atoms with Crippen molar-refractivity contribution in [1.82, 2.24) is 15.2 Å². The Morgan fingerprint density at radius 1 is 1.38 bits per heavy atom. The molecule has 0 bridgehead atoms. The molecule has 0 aliphatic heterocycles. The predicted molar refractivity (Wildman–Crippen MR) is 58.2 cm³/mol. The molecule has 0 atom stereocenters. The number of rotatable bonds is 2. The highest BCUT2D eigenvalue weighted by Crippen LogP contribution is 2.17. The number of hydrogen-bond acceptors (Lipinski definition) is 4. The summed E-state index contributed by atoms with van der Waals surface area (Å²) in [5.41, 5.74) is 0.774. The predicted octanol–water partition coefficient (Wildman–Crippen LogP) is 1.91. The quantitative estimate of drug-likeness (QED) is 0.811. The molecule has 1 heterocycles. The van der Waals surface area contributed by atoms with Gasteiger partial charge in [-0.1, -0.05) is 11.6 Å². The van der Waals surface area contributed by atoms with Crippen LogP contribution in [0, 0.1) is 0 Å². The Morgan fingerprint density at radius 2 is 2.06 bits per heavy atom. The minimum atomic E-state index is -0.548. The topological polar surface area (TPSA) is 67.9 Å². The molecule has 1 aromatic carbocycles. The maximum atomic E-state index is 11.1. The zero-order valence-corrected chi connectivity index (χ0v) is 9.15. The van der Waals surface area contributed by atoms with Gasteiger partial charge in [-0.3, -0.25) is 5.10 Å². The van der Waals surface area contributed by atoms with Crippen molar-refractivity contribution in [2.45, 2.75) is 0 Å². The molecule has 0 amide bonds. The van der Waals surface area contributed by atoms with Crippen LogP contribution in [0.5, 0.6) is 0 Å². The zero-order valence-electron chi connectivity index (χ0n) is 8.40. The summed E-state index contributed by atoms with van der Waals surface area (Å²) in [4.78, 5) is 15.1. The van der Waals surface area contributed by atoms with Gasteiger partial charge in [-0.25, -0.2) is 9.78 Å². The first kappa shape index (κ1) is 10.6. The summed E-state index contributed by atoms with van der Waals surface area (Å²) in [6, 6.07) is 7.00. The molecule has 5 nitrogen and oxygen atoms in total. The van der Waals surface area contributed by atoms with Gasteiger partial charge in [0.05, 0.1) is 7.11 Å². The Morgan fingerprint density at radius 3 is 2.69 bits per heavy atom. The lowest BCUT2D eigenvalue weighted by Crippen LogP contribution is -2.03. The van der Waals surface area contributed by atoms with Gasteiger partial charge in [0.25, 0.3) is 0 Å². The fourth-order valence-corrected chi connectivity index (χ4v) is 1.30. The van der Waals surface area contributed by atoms with E-state index in [9.17, 15) is 4.79 Å². The number of ether oxygens (including phenoxy) is 1. The zero-order chi connectivity index (χ0) is 11.5. The molecule has 82 valence electrons. The van der Waals surface area contributed by atoms with Crippen molar-refractivity contribution in [3.8, 4) is 11.4 Å². The van der Waals surface area contributed by atoms with Gasteiger partial charge in [0.1, 0.15) is 0 Å². The van der Waals surface area contributed by atoms with Crippen LogP contribution in [0.2, 0.25) is 5.02 Å². The van der Waals surface area contributed by atoms with Crippen LogP contribution in [-0.4, -0.2) is 28.3 Å². The van der Waals surface area contributed by atoms with Crippen LogP contribution in [0.4, 0.5) is 0 Å². The molecular weight excluding hydrogens is 230 g/mol. The van der Waals surface area contributed by atoms with Gasteiger partial charge in [0.2, 0.25) is 5.82 Å². The molecule has 1 aromatic heterocycles. The Bertz CT molecular complexity index is 507. The van der Waals surface area contributed by atoms with E-state index in [0.717, 1.165) is 5.56 Å². The lowest BCUT2D eigenvalue weighted by molar-refractivity contribution is 0.0587. The second kappa shape index (κ2) is 4.32. The largest absolute Gasteiger partial charge is 0.463 e. The first-order valence-corrected chi connectivity index (χ1v) is 4.85. The minimum Gasteiger partial charge on any atom is -0.463 e. The number of nitrogens with one attached hydrogen (secondary N) is 1. The average molecular weight is 238 g/mol. The number of benzene rings is 1. The summed E-state index contributed by atoms with van der Waals surface area (Å²) < 4.78 is 4.51. The minimum absolute atomic E-state index is 0.0763. The van der Waals surface area contributed by atoms with Crippen molar-refractivity contribution in [2.75, 3.05) is 7.11 Å². The maximum Gasteiger partial charge on any atom is 0.375 e. The fourth-order valence-electron chi connectivity index (χ4n) is 1.18. The lowest BCUT2D eigenvalue weighted by Gasteiger charge is -1.94. The van der Waals surface area contributed by atoms with Crippen LogP contribution in [0.1, 0.15) is 10.6 Å². The standard InChI is InChI=1S/C10H8ClN3O2/c1-16-10(15)9-12-8(13-14-9)6-2-4-7(11)5-3-6/h2-5H,1H3,(H,12,13,14). The Hall–Kier alpha value is -1.88.